The van der Waals surface area contributed by atoms with E-state index in [1.165, 1.54) is 12.8 Å². The first kappa shape index (κ1) is 11.3. The maximum absolute atomic E-state index is 9.12. The Hall–Kier alpha value is -1.80. The van der Waals surface area contributed by atoms with Gasteiger partial charge in [0.25, 0.3) is 0 Å². The molecule has 2 atom stereocenters. The highest BCUT2D eigenvalue weighted by Crippen LogP contribution is 2.34. The van der Waals surface area contributed by atoms with Crippen LogP contribution in [0.5, 0.6) is 5.75 Å². The van der Waals surface area contributed by atoms with Crippen LogP contribution in [-0.2, 0) is 0 Å². The third-order valence-electron chi connectivity index (χ3n) is 3.83. The predicted molar refractivity (Wildman–Crippen MR) is 67.7 cm³/mol. The molecule has 0 radical (unpaired) electrons. The first-order valence-corrected chi connectivity index (χ1v) is 6.26. The Kier molecular flexibility index (Phi) is 2.80. The topological polar surface area (TPSA) is 61.2 Å². The van der Waals surface area contributed by atoms with Crippen molar-refractivity contribution in [1.82, 2.24) is 10.3 Å². The smallest absolute Gasteiger partial charge is 0.179 e. The number of hydrogen-bond acceptors (Lipinski definition) is 5. The van der Waals surface area contributed by atoms with E-state index in [0.717, 1.165) is 18.9 Å². The Bertz CT molecular complexity index is 488. The lowest BCUT2D eigenvalue weighted by atomic mass is 9.93. The average molecular weight is 244 g/mol. The second-order valence-electron chi connectivity index (χ2n) is 4.82. The van der Waals surface area contributed by atoms with Gasteiger partial charge in [0.05, 0.1) is 12.7 Å². The maximum Gasteiger partial charge on any atom is 0.179 e. The summed E-state index contributed by atoms with van der Waals surface area (Å²) in [5.41, 5.74) is 0.553. The van der Waals surface area contributed by atoms with Crippen LogP contribution in [0.3, 0.4) is 0 Å². The molecule has 0 aliphatic carbocycles. The third kappa shape index (κ3) is 1.70. The molecule has 2 bridgehead atoms. The fraction of sp³-hybridized carbons (Fsp3) is 0.538. The van der Waals surface area contributed by atoms with Crippen LogP contribution in [0, 0.1) is 11.3 Å². The number of aromatic nitrogens is 1. The zero-order valence-corrected chi connectivity index (χ0v) is 10.4. The average Bonchev–Trinajstić information content (AvgIpc) is 2.47. The summed E-state index contributed by atoms with van der Waals surface area (Å²) in [6.45, 7) is 1.94. The number of nitrogens with one attached hydrogen (secondary N) is 1. The van der Waals surface area contributed by atoms with Crippen molar-refractivity contribution in [2.75, 3.05) is 25.1 Å². The molecule has 0 saturated carbocycles. The molecule has 4 heterocycles. The number of methoxy groups -OCH3 is 1. The predicted octanol–water partition coefficient (Wildman–Crippen LogP) is 0.902. The summed E-state index contributed by atoms with van der Waals surface area (Å²) in [6, 6.07) is 4.86. The zero-order chi connectivity index (χ0) is 12.5. The Morgan fingerprint density at radius 3 is 3.00 bits per heavy atom. The second kappa shape index (κ2) is 4.46. The molecule has 5 heteroatoms. The summed E-state index contributed by atoms with van der Waals surface area (Å²) in [7, 11) is 1.60. The number of piperidine rings is 2. The molecule has 3 saturated heterocycles. The maximum atomic E-state index is 9.12. The fourth-order valence-electron chi connectivity index (χ4n) is 2.90. The first-order valence-electron chi connectivity index (χ1n) is 6.26. The number of piperazine rings is 1. The van der Waals surface area contributed by atoms with E-state index in [2.05, 4.69) is 21.3 Å². The van der Waals surface area contributed by atoms with Crippen LogP contribution in [-0.4, -0.2) is 37.3 Å². The fourth-order valence-corrected chi connectivity index (χ4v) is 2.90. The lowest BCUT2D eigenvalue weighted by Crippen LogP contribution is -2.61. The summed E-state index contributed by atoms with van der Waals surface area (Å²) in [6.07, 6.45) is 4.09. The molecule has 94 valence electrons. The number of fused-ring (bicyclic) bond motifs is 3. The van der Waals surface area contributed by atoms with Crippen LogP contribution in [0.25, 0.3) is 0 Å². The van der Waals surface area contributed by atoms with Gasteiger partial charge in [-0.1, -0.05) is 0 Å². The minimum Gasteiger partial charge on any atom is -0.492 e. The molecule has 2 unspecified atom stereocenters. The van der Waals surface area contributed by atoms with Gasteiger partial charge in [0.2, 0.25) is 0 Å². The van der Waals surface area contributed by atoms with Crippen molar-refractivity contribution >= 4 is 5.82 Å². The standard InChI is InChI=1S/C13H16N4O/c1-18-12-9(6-14)4-5-15-13(12)17-8-10-2-3-11(17)7-16-10/h4-5,10-11,16H,2-3,7-8H2,1H3. The molecule has 1 aromatic rings. The van der Waals surface area contributed by atoms with Crippen LogP contribution in [0.4, 0.5) is 5.82 Å². The van der Waals surface area contributed by atoms with E-state index in [1.54, 1.807) is 19.4 Å². The number of rotatable bonds is 2. The molecular formula is C13H16N4O. The summed E-state index contributed by atoms with van der Waals surface area (Å²) >= 11 is 0. The van der Waals surface area contributed by atoms with Gasteiger partial charge >= 0.3 is 0 Å². The number of hydrogen-bond donors (Lipinski definition) is 1. The minimum absolute atomic E-state index is 0.463. The summed E-state index contributed by atoms with van der Waals surface area (Å²) in [5, 5.41) is 12.6. The van der Waals surface area contributed by atoms with E-state index in [1.807, 2.05) is 0 Å². The minimum atomic E-state index is 0.463. The number of ether oxygens (including phenoxy) is 1. The Balaban J connectivity index is 1.99. The van der Waals surface area contributed by atoms with Crippen LogP contribution in [0.2, 0.25) is 0 Å². The van der Waals surface area contributed by atoms with Crippen molar-refractivity contribution < 1.29 is 4.74 Å². The summed E-state index contributed by atoms with van der Waals surface area (Å²) < 4.78 is 5.38. The van der Waals surface area contributed by atoms with Gasteiger partial charge < -0.3 is 15.0 Å². The lowest BCUT2D eigenvalue weighted by Gasteiger charge is -2.46. The molecule has 3 aliphatic heterocycles. The molecule has 0 aromatic carbocycles. The molecule has 0 spiro atoms. The highest BCUT2D eigenvalue weighted by molar-refractivity contribution is 5.61. The van der Waals surface area contributed by atoms with E-state index >= 15 is 0 Å². The normalized spacial score (nSPS) is 25.9. The van der Waals surface area contributed by atoms with Gasteiger partial charge in [0.1, 0.15) is 6.07 Å². The van der Waals surface area contributed by atoms with Gasteiger partial charge in [0, 0.05) is 31.4 Å². The van der Waals surface area contributed by atoms with E-state index in [4.69, 9.17) is 10.00 Å². The summed E-state index contributed by atoms with van der Waals surface area (Å²) in [4.78, 5) is 6.70. The van der Waals surface area contributed by atoms with E-state index in [9.17, 15) is 0 Å². The van der Waals surface area contributed by atoms with Gasteiger partial charge in [-0.3, -0.25) is 0 Å². The highest BCUT2D eigenvalue weighted by Gasteiger charge is 2.35. The Morgan fingerprint density at radius 1 is 1.56 bits per heavy atom. The van der Waals surface area contributed by atoms with Crippen molar-refractivity contribution in [3.63, 3.8) is 0 Å². The summed E-state index contributed by atoms with van der Waals surface area (Å²) in [5.74, 6) is 1.42. The monoisotopic (exact) mass is 244 g/mol. The Labute approximate surface area is 106 Å². The van der Waals surface area contributed by atoms with Crippen LogP contribution in [0.15, 0.2) is 12.3 Å². The molecule has 18 heavy (non-hydrogen) atoms. The largest absolute Gasteiger partial charge is 0.492 e. The van der Waals surface area contributed by atoms with Gasteiger partial charge in [-0.25, -0.2) is 4.98 Å². The second-order valence-corrected chi connectivity index (χ2v) is 4.82. The molecule has 3 fully saturated rings. The molecule has 4 rings (SSSR count). The van der Waals surface area contributed by atoms with E-state index < -0.39 is 0 Å². The van der Waals surface area contributed by atoms with Crippen molar-refractivity contribution in [3.05, 3.63) is 17.8 Å². The van der Waals surface area contributed by atoms with Gasteiger partial charge in [-0.05, 0) is 18.9 Å². The number of pyridine rings is 1. The zero-order valence-electron chi connectivity index (χ0n) is 10.4. The van der Waals surface area contributed by atoms with Gasteiger partial charge in [-0.15, -0.1) is 0 Å². The molecule has 1 N–H and O–H groups in total. The quantitative estimate of drug-likeness (QED) is 0.837. The first-order chi connectivity index (χ1) is 8.83. The molecule has 5 nitrogen and oxygen atoms in total. The van der Waals surface area contributed by atoms with Crippen molar-refractivity contribution in [2.45, 2.75) is 24.9 Å². The van der Waals surface area contributed by atoms with Crippen LogP contribution >= 0.6 is 0 Å². The highest BCUT2D eigenvalue weighted by atomic mass is 16.5. The van der Waals surface area contributed by atoms with Crippen LogP contribution < -0.4 is 15.0 Å². The van der Waals surface area contributed by atoms with E-state index in [-0.39, 0.29) is 0 Å². The lowest BCUT2D eigenvalue weighted by molar-refractivity contribution is 0.286. The Morgan fingerprint density at radius 2 is 2.44 bits per heavy atom. The van der Waals surface area contributed by atoms with Crippen molar-refractivity contribution in [1.29, 1.82) is 5.26 Å². The van der Waals surface area contributed by atoms with E-state index in [0.29, 0.717) is 23.4 Å². The molecule has 3 aliphatic rings. The number of nitriles is 1. The van der Waals surface area contributed by atoms with Crippen molar-refractivity contribution in [3.8, 4) is 11.8 Å². The third-order valence-corrected chi connectivity index (χ3v) is 3.83. The van der Waals surface area contributed by atoms with Crippen LogP contribution in [0.1, 0.15) is 18.4 Å². The number of nitrogens with zero attached hydrogens (tertiary/aromatic N) is 3. The van der Waals surface area contributed by atoms with Crippen molar-refractivity contribution in [2.24, 2.45) is 0 Å². The molecular weight excluding hydrogens is 228 g/mol. The number of anilines is 1. The molecule has 1 aromatic heterocycles. The SMILES string of the molecule is COc1c(C#N)ccnc1N1CC2CCC1CN2. The van der Waals surface area contributed by atoms with Gasteiger partial charge in [0.15, 0.2) is 11.6 Å². The van der Waals surface area contributed by atoms with Gasteiger partial charge in [-0.2, -0.15) is 5.26 Å². The molecule has 0 amide bonds.